The highest BCUT2D eigenvalue weighted by molar-refractivity contribution is 5.66. The van der Waals surface area contributed by atoms with E-state index in [0.717, 1.165) is 46.8 Å². The normalized spacial score (nSPS) is 10.1. The van der Waals surface area contributed by atoms with Crippen molar-refractivity contribution in [3.8, 4) is 11.5 Å². The Balaban J connectivity index is 2.39. The smallest absolute Gasteiger partial charge is 0.122 e. The van der Waals surface area contributed by atoms with Crippen molar-refractivity contribution in [1.82, 2.24) is 0 Å². The van der Waals surface area contributed by atoms with Crippen molar-refractivity contribution in [2.45, 2.75) is 12.8 Å². The second kappa shape index (κ2) is 8.25. The van der Waals surface area contributed by atoms with Crippen molar-refractivity contribution in [3.05, 3.63) is 72.8 Å². The Labute approximate surface area is 144 Å². The van der Waals surface area contributed by atoms with E-state index in [-0.39, 0.29) is 0 Å². The summed E-state index contributed by atoms with van der Waals surface area (Å²) in [5.74, 6) is 1.77. The summed E-state index contributed by atoms with van der Waals surface area (Å²) >= 11 is 0. The molecule has 0 aliphatic rings. The molecular formula is C21H25NO2. The van der Waals surface area contributed by atoms with E-state index >= 15 is 0 Å². The van der Waals surface area contributed by atoms with Crippen molar-refractivity contribution < 1.29 is 9.47 Å². The van der Waals surface area contributed by atoms with Crippen LogP contribution >= 0.6 is 0 Å². The van der Waals surface area contributed by atoms with Crippen LogP contribution in [0.25, 0.3) is 0 Å². The zero-order valence-corrected chi connectivity index (χ0v) is 14.7. The molecule has 2 rings (SSSR count). The van der Waals surface area contributed by atoms with Crippen molar-refractivity contribution in [2.75, 3.05) is 26.2 Å². The number of rotatable bonds is 8. The Kier molecular flexibility index (Phi) is 6.07. The molecule has 24 heavy (non-hydrogen) atoms. The number of anilines is 2. The van der Waals surface area contributed by atoms with Gasteiger partial charge in [0.05, 0.1) is 14.2 Å². The fourth-order valence-electron chi connectivity index (χ4n) is 2.73. The summed E-state index contributed by atoms with van der Waals surface area (Å²) in [5, 5.41) is 0. The fraction of sp³-hybridized carbons (Fsp3) is 0.238. The average molecular weight is 323 g/mol. The molecule has 0 amide bonds. The molecular weight excluding hydrogens is 298 g/mol. The molecule has 0 unspecified atom stereocenters. The van der Waals surface area contributed by atoms with E-state index in [1.54, 1.807) is 14.2 Å². The minimum absolute atomic E-state index is 0.773. The van der Waals surface area contributed by atoms with E-state index in [4.69, 9.17) is 9.47 Å². The molecule has 2 aromatic carbocycles. The van der Waals surface area contributed by atoms with Gasteiger partial charge in [-0.2, -0.15) is 0 Å². The SMILES string of the molecule is C=CCc1cc(N(C)c2ccc(OC)c(CC=C)c2)ccc1OC. The van der Waals surface area contributed by atoms with E-state index in [1.165, 1.54) is 0 Å². The van der Waals surface area contributed by atoms with Crippen molar-refractivity contribution in [3.63, 3.8) is 0 Å². The van der Waals surface area contributed by atoms with Gasteiger partial charge < -0.3 is 14.4 Å². The summed E-state index contributed by atoms with van der Waals surface area (Å²) in [5.41, 5.74) is 4.44. The molecule has 3 heteroatoms. The highest BCUT2D eigenvalue weighted by Gasteiger charge is 2.10. The van der Waals surface area contributed by atoms with Crippen LogP contribution in [-0.4, -0.2) is 21.3 Å². The summed E-state index contributed by atoms with van der Waals surface area (Å²) < 4.78 is 10.9. The third kappa shape index (κ3) is 3.80. The van der Waals surface area contributed by atoms with Gasteiger partial charge in [-0.25, -0.2) is 0 Å². The zero-order valence-electron chi connectivity index (χ0n) is 14.7. The van der Waals surface area contributed by atoms with Crippen LogP contribution in [0.15, 0.2) is 61.7 Å². The van der Waals surface area contributed by atoms with Gasteiger partial charge in [0.25, 0.3) is 0 Å². The number of allylic oxidation sites excluding steroid dienone is 2. The van der Waals surface area contributed by atoms with Crippen LogP contribution in [-0.2, 0) is 12.8 Å². The third-order valence-electron chi connectivity index (χ3n) is 4.03. The van der Waals surface area contributed by atoms with Gasteiger partial charge in [0, 0.05) is 18.4 Å². The molecule has 2 aromatic rings. The topological polar surface area (TPSA) is 21.7 Å². The third-order valence-corrected chi connectivity index (χ3v) is 4.03. The Bertz CT molecular complexity index is 660. The van der Waals surface area contributed by atoms with Gasteiger partial charge in [0.1, 0.15) is 11.5 Å². The molecule has 0 radical (unpaired) electrons. The molecule has 0 spiro atoms. The van der Waals surface area contributed by atoms with Gasteiger partial charge in [-0.05, 0) is 60.4 Å². The van der Waals surface area contributed by atoms with E-state index in [0.29, 0.717) is 0 Å². The molecule has 3 nitrogen and oxygen atoms in total. The first kappa shape index (κ1) is 17.7. The summed E-state index contributed by atoms with van der Waals surface area (Å²) in [7, 11) is 5.44. The number of benzene rings is 2. The number of ether oxygens (including phenoxy) is 2. The van der Waals surface area contributed by atoms with Gasteiger partial charge in [-0.1, -0.05) is 12.2 Å². The van der Waals surface area contributed by atoms with Crippen LogP contribution in [0.3, 0.4) is 0 Å². The molecule has 0 saturated heterocycles. The van der Waals surface area contributed by atoms with E-state index in [9.17, 15) is 0 Å². The Morgan fingerprint density at radius 1 is 0.833 bits per heavy atom. The highest BCUT2D eigenvalue weighted by atomic mass is 16.5. The lowest BCUT2D eigenvalue weighted by atomic mass is 10.1. The van der Waals surface area contributed by atoms with E-state index in [1.807, 2.05) is 24.3 Å². The average Bonchev–Trinajstić information content (AvgIpc) is 2.61. The van der Waals surface area contributed by atoms with Crippen LogP contribution in [0.4, 0.5) is 11.4 Å². The van der Waals surface area contributed by atoms with Crippen LogP contribution < -0.4 is 14.4 Å². The van der Waals surface area contributed by atoms with Crippen LogP contribution in [0.1, 0.15) is 11.1 Å². The van der Waals surface area contributed by atoms with Gasteiger partial charge in [0.2, 0.25) is 0 Å². The largest absolute Gasteiger partial charge is 0.496 e. The lowest BCUT2D eigenvalue weighted by molar-refractivity contribution is 0.410. The quantitative estimate of drug-likeness (QED) is 0.643. The van der Waals surface area contributed by atoms with Crippen LogP contribution in [0.2, 0.25) is 0 Å². The Morgan fingerprint density at radius 2 is 1.25 bits per heavy atom. The summed E-state index contributed by atoms with van der Waals surface area (Å²) in [4.78, 5) is 2.15. The predicted molar refractivity (Wildman–Crippen MR) is 102 cm³/mol. The highest BCUT2D eigenvalue weighted by Crippen LogP contribution is 2.32. The zero-order chi connectivity index (χ0) is 17.5. The fourth-order valence-corrected chi connectivity index (χ4v) is 2.73. The minimum atomic E-state index is 0.773. The minimum Gasteiger partial charge on any atom is -0.496 e. The molecule has 0 heterocycles. The first-order chi connectivity index (χ1) is 11.6. The molecule has 0 aliphatic carbocycles. The first-order valence-corrected chi connectivity index (χ1v) is 7.94. The maximum absolute atomic E-state index is 5.43. The number of nitrogens with zero attached hydrogens (tertiary/aromatic N) is 1. The lowest BCUT2D eigenvalue weighted by Crippen LogP contribution is -2.10. The van der Waals surface area contributed by atoms with Gasteiger partial charge in [-0.15, -0.1) is 13.2 Å². The van der Waals surface area contributed by atoms with Crippen molar-refractivity contribution >= 4 is 11.4 Å². The van der Waals surface area contributed by atoms with Crippen molar-refractivity contribution in [2.24, 2.45) is 0 Å². The number of hydrogen-bond donors (Lipinski definition) is 0. The molecule has 0 fully saturated rings. The summed E-state index contributed by atoms with van der Waals surface area (Å²) in [6.07, 6.45) is 5.32. The predicted octanol–water partition coefficient (Wildman–Crippen LogP) is 4.93. The van der Waals surface area contributed by atoms with E-state index in [2.05, 4.69) is 49.4 Å². The number of methoxy groups -OCH3 is 2. The van der Waals surface area contributed by atoms with Gasteiger partial charge in [-0.3, -0.25) is 0 Å². The molecule has 0 aliphatic heterocycles. The second-order valence-corrected chi connectivity index (χ2v) is 5.54. The Morgan fingerprint density at radius 3 is 1.58 bits per heavy atom. The second-order valence-electron chi connectivity index (χ2n) is 5.54. The molecule has 0 atom stereocenters. The monoisotopic (exact) mass is 323 g/mol. The summed E-state index contributed by atoms with van der Waals surface area (Å²) in [6, 6.07) is 12.4. The molecule has 126 valence electrons. The number of hydrogen-bond acceptors (Lipinski definition) is 3. The van der Waals surface area contributed by atoms with Gasteiger partial charge in [0.15, 0.2) is 0 Å². The van der Waals surface area contributed by atoms with Crippen LogP contribution in [0, 0.1) is 0 Å². The molecule has 0 bridgehead atoms. The maximum Gasteiger partial charge on any atom is 0.122 e. The molecule has 0 N–H and O–H groups in total. The van der Waals surface area contributed by atoms with E-state index < -0.39 is 0 Å². The van der Waals surface area contributed by atoms with Gasteiger partial charge >= 0.3 is 0 Å². The maximum atomic E-state index is 5.43. The Hall–Kier alpha value is -2.68. The molecule has 0 aromatic heterocycles. The van der Waals surface area contributed by atoms with Crippen molar-refractivity contribution in [1.29, 1.82) is 0 Å². The molecule has 0 saturated carbocycles. The lowest BCUT2D eigenvalue weighted by Gasteiger charge is -2.22. The first-order valence-electron chi connectivity index (χ1n) is 7.94. The standard InChI is InChI=1S/C21H25NO2/c1-6-8-16-14-18(10-12-20(16)23-4)22(3)19-11-13-21(24-5)17(15-19)9-7-2/h6-7,10-15H,1-2,8-9H2,3-5H3. The van der Waals surface area contributed by atoms with Crippen LogP contribution in [0.5, 0.6) is 11.5 Å². The summed E-state index contributed by atoms with van der Waals surface area (Å²) in [6.45, 7) is 7.65.